The summed E-state index contributed by atoms with van der Waals surface area (Å²) < 4.78 is 32.7. The van der Waals surface area contributed by atoms with Crippen LogP contribution in [-0.4, -0.2) is 15.2 Å². The molecule has 7 heteroatoms. The lowest BCUT2D eigenvalue weighted by atomic mass is 10.2. The van der Waals surface area contributed by atoms with Crippen LogP contribution in [0.4, 0.5) is 0 Å². The molecule has 0 bridgehead atoms. The molecule has 0 fully saturated rings. The number of ether oxygens (including phenoxy) is 2. The van der Waals surface area contributed by atoms with Crippen molar-refractivity contribution in [3.05, 3.63) is 22.2 Å². The van der Waals surface area contributed by atoms with Crippen LogP contribution in [0.25, 0.3) is 0 Å². The SMILES string of the molecule is O=S(=O)(Cl)Cc1cc2c(cc1Br)OCO2. The minimum absolute atomic E-state index is 0.152. The lowest BCUT2D eigenvalue weighted by molar-refractivity contribution is 0.174. The summed E-state index contributed by atoms with van der Waals surface area (Å²) in [6.45, 7) is 0.152. The number of halogens is 2. The molecule has 0 N–H and O–H groups in total. The van der Waals surface area contributed by atoms with Gasteiger partial charge in [0.1, 0.15) is 0 Å². The molecule has 1 aromatic rings. The first-order chi connectivity index (χ1) is 6.96. The van der Waals surface area contributed by atoms with Gasteiger partial charge in [-0.05, 0) is 17.7 Å². The third-order valence-corrected chi connectivity index (χ3v) is 3.59. The Morgan fingerprint density at radius 2 is 1.93 bits per heavy atom. The van der Waals surface area contributed by atoms with E-state index in [-0.39, 0.29) is 12.5 Å². The van der Waals surface area contributed by atoms with Crippen molar-refractivity contribution in [2.75, 3.05) is 6.79 Å². The predicted octanol–water partition coefficient (Wildman–Crippen LogP) is 2.25. The van der Waals surface area contributed by atoms with E-state index in [0.29, 0.717) is 21.5 Å². The van der Waals surface area contributed by atoms with Crippen LogP contribution >= 0.6 is 26.6 Å². The smallest absolute Gasteiger partial charge is 0.236 e. The second-order valence-corrected chi connectivity index (χ2v) is 6.61. The summed E-state index contributed by atoms with van der Waals surface area (Å²) in [5.41, 5.74) is 0.550. The molecule has 15 heavy (non-hydrogen) atoms. The number of rotatable bonds is 2. The Morgan fingerprint density at radius 3 is 2.53 bits per heavy atom. The molecule has 0 atom stereocenters. The Hall–Kier alpha value is -0.460. The molecule has 1 aliphatic heterocycles. The molecule has 4 nitrogen and oxygen atoms in total. The zero-order valence-electron chi connectivity index (χ0n) is 7.37. The topological polar surface area (TPSA) is 52.6 Å². The molecule has 2 rings (SSSR count). The van der Waals surface area contributed by atoms with Crippen LogP contribution in [0.15, 0.2) is 16.6 Å². The van der Waals surface area contributed by atoms with Crippen LogP contribution in [0.3, 0.4) is 0 Å². The molecule has 0 saturated carbocycles. The van der Waals surface area contributed by atoms with Crippen molar-refractivity contribution in [1.82, 2.24) is 0 Å². The van der Waals surface area contributed by atoms with Gasteiger partial charge in [-0.25, -0.2) is 8.42 Å². The molecule has 0 amide bonds. The summed E-state index contributed by atoms with van der Waals surface area (Å²) in [7, 11) is 1.60. The van der Waals surface area contributed by atoms with E-state index in [0.717, 1.165) is 0 Å². The molecule has 0 saturated heterocycles. The van der Waals surface area contributed by atoms with Crippen molar-refractivity contribution in [3.8, 4) is 11.5 Å². The normalized spacial score (nSPS) is 14.3. The number of benzene rings is 1. The first-order valence-electron chi connectivity index (χ1n) is 3.96. The molecule has 1 aromatic carbocycles. The first kappa shape index (κ1) is 11.0. The van der Waals surface area contributed by atoms with Crippen LogP contribution in [0.1, 0.15) is 5.56 Å². The van der Waals surface area contributed by atoms with Gasteiger partial charge < -0.3 is 9.47 Å². The van der Waals surface area contributed by atoms with E-state index >= 15 is 0 Å². The Kier molecular flexibility index (Phi) is 2.83. The highest BCUT2D eigenvalue weighted by atomic mass is 79.9. The van der Waals surface area contributed by atoms with E-state index in [4.69, 9.17) is 20.2 Å². The zero-order valence-corrected chi connectivity index (χ0v) is 10.5. The quantitative estimate of drug-likeness (QED) is 0.786. The van der Waals surface area contributed by atoms with Gasteiger partial charge in [0.25, 0.3) is 0 Å². The van der Waals surface area contributed by atoms with Gasteiger partial charge >= 0.3 is 0 Å². The summed E-state index contributed by atoms with van der Waals surface area (Å²) in [6.07, 6.45) is 0. The van der Waals surface area contributed by atoms with Crippen molar-refractivity contribution in [3.63, 3.8) is 0 Å². The van der Waals surface area contributed by atoms with Gasteiger partial charge in [-0.3, -0.25) is 0 Å². The van der Waals surface area contributed by atoms with Crippen LogP contribution < -0.4 is 9.47 Å². The average molecular weight is 314 g/mol. The van der Waals surface area contributed by atoms with Crippen molar-refractivity contribution in [2.24, 2.45) is 0 Å². The van der Waals surface area contributed by atoms with E-state index in [1.54, 1.807) is 12.1 Å². The van der Waals surface area contributed by atoms with Gasteiger partial charge in [0.15, 0.2) is 11.5 Å². The summed E-state index contributed by atoms with van der Waals surface area (Å²) in [6, 6.07) is 3.27. The molecule has 0 aliphatic carbocycles. The third kappa shape index (κ3) is 2.56. The van der Waals surface area contributed by atoms with E-state index in [1.165, 1.54) is 0 Å². The van der Waals surface area contributed by atoms with Crippen molar-refractivity contribution < 1.29 is 17.9 Å². The van der Waals surface area contributed by atoms with Crippen molar-refractivity contribution in [1.29, 1.82) is 0 Å². The molecular formula is C8H6BrClO4S. The lowest BCUT2D eigenvalue weighted by Crippen LogP contribution is -1.96. The largest absolute Gasteiger partial charge is 0.454 e. The fraction of sp³-hybridized carbons (Fsp3) is 0.250. The highest BCUT2D eigenvalue weighted by Gasteiger charge is 2.18. The molecule has 0 radical (unpaired) electrons. The maximum atomic E-state index is 10.9. The van der Waals surface area contributed by atoms with E-state index in [9.17, 15) is 8.42 Å². The van der Waals surface area contributed by atoms with Crippen molar-refractivity contribution in [2.45, 2.75) is 5.75 Å². The Morgan fingerprint density at radius 1 is 1.33 bits per heavy atom. The van der Waals surface area contributed by atoms with Crippen LogP contribution in [0.5, 0.6) is 11.5 Å². The highest BCUT2D eigenvalue weighted by molar-refractivity contribution is 9.10. The number of hydrogen-bond donors (Lipinski definition) is 0. The molecule has 0 unspecified atom stereocenters. The van der Waals surface area contributed by atoms with Gasteiger partial charge in [-0.2, -0.15) is 0 Å². The van der Waals surface area contributed by atoms with E-state index in [1.807, 2.05) is 0 Å². The maximum Gasteiger partial charge on any atom is 0.236 e. The van der Waals surface area contributed by atoms with Gasteiger partial charge in [-0.1, -0.05) is 15.9 Å². The summed E-state index contributed by atoms with van der Waals surface area (Å²) >= 11 is 3.24. The summed E-state index contributed by atoms with van der Waals surface area (Å²) in [5.74, 6) is 0.886. The average Bonchev–Trinajstić information content (AvgIpc) is 2.49. The summed E-state index contributed by atoms with van der Waals surface area (Å²) in [5, 5.41) is 0. The highest BCUT2D eigenvalue weighted by Crippen LogP contribution is 2.37. The molecule has 82 valence electrons. The van der Waals surface area contributed by atoms with Crippen molar-refractivity contribution >= 4 is 35.7 Å². The predicted molar refractivity (Wildman–Crippen MR) is 58.7 cm³/mol. The summed E-state index contributed by atoms with van der Waals surface area (Å²) in [4.78, 5) is 0. The Bertz CT molecular complexity index is 500. The Labute approximate surface area is 99.7 Å². The minimum Gasteiger partial charge on any atom is -0.454 e. The molecule has 1 heterocycles. The van der Waals surface area contributed by atoms with Crippen LogP contribution in [-0.2, 0) is 14.8 Å². The fourth-order valence-electron chi connectivity index (χ4n) is 1.26. The third-order valence-electron chi connectivity index (χ3n) is 1.87. The molecule has 1 aliphatic rings. The van der Waals surface area contributed by atoms with Gasteiger partial charge in [0.2, 0.25) is 15.8 Å². The molecule has 0 spiro atoms. The van der Waals surface area contributed by atoms with Crippen LogP contribution in [0, 0.1) is 0 Å². The monoisotopic (exact) mass is 312 g/mol. The molecule has 0 aromatic heterocycles. The van der Waals surface area contributed by atoms with E-state index in [2.05, 4.69) is 15.9 Å². The molecular weight excluding hydrogens is 308 g/mol. The minimum atomic E-state index is -3.57. The Balaban J connectivity index is 2.41. The second-order valence-electron chi connectivity index (χ2n) is 2.98. The van der Waals surface area contributed by atoms with Crippen LogP contribution in [0.2, 0.25) is 0 Å². The lowest BCUT2D eigenvalue weighted by Gasteiger charge is -2.03. The van der Waals surface area contributed by atoms with Gasteiger partial charge in [-0.15, -0.1) is 0 Å². The second kappa shape index (κ2) is 3.84. The fourth-order valence-corrected chi connectivity index (χ4v) is 2.87. The standard InChI is InChI=1S/C8H6BrClO4S/c9-6-2-8-7(13-4-14-8)1-5(6)3-15(10,11)12/h1-2H,3-4H2. The first-order valence-corrected chi connectivity index (χ1v) is 7.23. The number of fused-ring (bicyclic) bond motifs is 1. The van der Waals surface area contributed by atoms with E-state index < -0.39 is 9.05 Å². The zero-order chi connectivity index (χ0) is 11.1. The number of hydrogen-bond acceptors (Lipinski definition) is 4. The maximum absolute atomic E-state index is 10.9. The van der Waals surface area contributed by atoms with Gasteiger partial charge in [0.05, 0.1) is 5.75 Å². The van der Waals surface area contributed by atoms with Gasteiger partial charge in [0, 0.05) is 15.2 Å².